The van der Waals surface area contributed by atoms with Crippen LogP contribution in [0.4, 0.5) is 0 Å². The van der Waals surface area contributed by atoms with Crippen LogP contribution in [-0.2, 0) is 25.8 Å². The Labute approximate surface area is 113 Å². The van der Waals surface area contributed by atoms with Crippen molar-refractivity contribution in [3.8, 4) is 0 Å². The summed E-state index contributed by atoms with van der Waals surface area (Å²) in [5, 5.41) is 0. The molecule has 2 rings (SSSR count). The largest absolute Gasteiger partial charge is 0.343 e. The Morgan fingerprint density at radius 3 is 1.20 bits per heavy atom. The molecule has 2 aromatic rings. The smallest absolute Gasteiger partial charge is 0 e. The maximum atomic E-state index is 3.60. The molecule has 0 amide bonds. The zero-order valence-electron chi connectivity index (χ0n) is 9.39. The molecule has 82 valence electrons. The quantitative estimate of drug-likeness (QED) is 0.518. The number of rotatable bonds is 1. The SMILES string of the molecule is [CH2-]CCC.[Hf].c1cc[cH-]c1.c1cc[cH-]c1. The summed E-state index contributed by atoms with van der Waals surface area (Å²) >= 11 is 0. The molecule has 0 aromatic heterocycles. The molecule has 0 aliphatic heterocycles. The molecule has 0 bridgehead atoms. The standard InChI is InChI=1S/2C5H5.C4H9.Hf/c2*1-2-4-5-3-1;1-3-4-2;/h2*1-5H;1,3-4H2,2H3;/q3*-1;. The zero-order chi connectivity index (χ0) is 10.5. The van der Waals surface area contributed by atoms with Gasteiger partial charge >= 0.3 is 0 Å². The fourth-order valence-electron chi connectivity index (χ4n) is 0.642. The van der Waals surface area contributed by atoms with Crippen molar-refractivity contribution in [2.24, 2.45) is 0 Å². The molecule has 1 heteroatoms. The Bertz CT molecular complexity index is 167. The van der Waals surface area contributed by atoms with E-state index in [1.165, 1.54) is 6.42 Å². The van der Waals surface area contributed by atoms with Crippen LogP contribution in [0.2, 0.25) is 0 Å². The van der Waals surface area contributed by atoms with Crippen molar-refractivity contribution >= 4 is 0 Å². The van der Waals surface area contributed by atoms with Crippen LogP contribution in [0.15, 0.2) is 60.7 Å². The van der Waals surface area contributed by atoms with Gasteiger partial charge in [0.1, 0.15) is 0 Å². The molecule has 0 saturated carbocycles. The summed E-state index contributed by atoms with van der Waals surface area (Å²) in [5.74, 6) is 0. The molecule has 0 saturated heterocycles. The first-order valence-corrected chi connectivity index (χ1v) is 5.04. The fourth-order valence-corrected chi connectivity index (χ4v) is 0.642. The molecule has 0 unspecified atom stereocenters. The Morgan fingerprint density at radius 2 is 1.13 bits per heavy atom. The van der Waals surface area contributed by atoms with Crippen LogP contribution >= 0.6 is 0 Å². The van der Waals surface area contributed by atoms with Crippen molar-refractivity contribution in [1.29, 1.82) is 0 Å². The van der Waals surface area contributed by atoms with E-state index in [1.54, 1.807) is 0 Å². The molecule has 0 spiro atoms. The van der Waals surface area contributed by atoms with Crippen LogP contribution in [0.25, 0.3) is 0 Å². The van der Waals surface area contributed by atoms with Gasteiger partial charge in [0.15, 0.2) is 0 Å². The van der Waals surface area contributed by atoms with Crippen molar-refractivity contribution in [2.75, 3.05) is 0 Å². The van der Waals surface area contributed by atoms with Gasteiger partial charge in [-0.05, 0) is 0 Å². The van der Waals surface area contributed by atoms with Gasteiger partial charge < -0.3 is 6.92 Å². The molecule has 0 atom stereocenters. The van der Waals surface area contributed by atoms with E-state index >= 15 is 0 Å². The first-order valence-electron chi connectivity index (χ1n) is 5.04. The van der Waals surface area contributed by atoms with Gasteiger partial charge in [0.25, 0.3) is 0 Å². The number of hydrogen-bond donors (Lipinski definition) is 0. The second-order valence-electron chi connectivity index (χ2n) is 2.78. The summed E-state index contributed by atoms with van der Waals surface area (Å²) in [5.41, 5.74) is 0. The predicted molar refractivity (Wildman–Crippen MR) is 64.3 cm³/mol. The van der Waals surface area contributed by atoms with Gasteiger partial charge in [-0.15, -0.1) is 0 Å². The summed E-state index contributed by atoms with van der Waals surface area (Å²) in [6.07, 6.45) is 2.28. The minimum Gasteiger partial charge on any atom is -0.343 e. The molecule has 0 heterocycles. The number of hydrogen-bond acceptors (Lipinski definition) is 0. The third-order valence-electron chi connectivity index (χ3n) is 1.46. The van der Waals surface area contributed by atoms with Crippen LogP contribution in [0, 0.1) is 6.92 Å². The van der Waals surface area contributed by atoms with Gasteiger partial charge in [-0.3, -0.25) is 0 Å². The molecule has 0 aliphatic rings. The molecular weight excluding hydrogens is 347 g/mol. The summed E-state index contributed by atoms with van der Waals surface area (Å²) in [4.78, 5) is 0. The van der Waals surface area contributed by atoms with E-state index in [0.29, 0.717) is 0 Å². The van der Waals surface area contributed by atoms with E-state index in [1.807, 2.05) is 60.7 Å². The normalized spacial score (nSPS) is 7.33. The monoisotopic (exact) mass is 367 g/mol. The summed E-state index contributed by atoms with van der Waals surface area (Å²) in [7, 11) is 0. The Hall–Kier alpha value is -0.430. The third kappa shape index (κ3) is 16.3. The van der Waals surface area contributed by atoms with E-state index in [-0.39, 0.29) is 25.8 Å². The van der Waals surface area contributed by atoms with Gasteiger partial charge in [-0.1, -0.05) is 13.3 Å². The van der Waals surface area contributed by atoms with Crippen LogP contribution in [0.1, 0.15) is 19.8 Å². The molecule has 2 aromatic carbocycles. The average Bonchev–Trinajstić information content (AvgIpc) is 2.94. The Morgan fingerprint density at radius 1 is 0.867 bits per heavy atom. The van der Waals surface area contributed by atoms with E-state index in [2.05, 4.69) is 13.8 Å². The second-order valence-corrected chi connectivity index (χ2v) is 2.78. The van der Waals surface area contributed by atoms with E-state index in [4.69, 9.17) is 0 Å². The van der Waals surface area contributed by atoms with Crippen molar-refractivity contribution in [3.63, 3.8) is 0 Å². The van der Waals surface area contributed by atoms with Crippen molar-refractivity contribution in [3.05, 3.63) is 67.6 Å². The third-order valence-corrected chi connectivity index (χ3v) is 1.46. The van der Waals surface area contributed by atoms with Crippen molar-refractivity contribution < 1.29 is 25.8 Å². The topological polar surface area (TPSA) is 0 Å². The molecule has 15 heavy (non-hydrogen) atoms. The van der Waals surface area contributed by atoms with E-state index in [0.717, 1.165) is 6.42 Å². The summed E-state index contributed by atoms with van der Waals surface area (Å²) < 4.78 is 0. The molecule has 0 N–H and O–H groups in total. The average molecular weight is 366 g/mol. The number of unbranched alkanes of at least 4 members (excludes halogenated alkanes) is 1. The molecular formula is C14H19Hf-3. The zero-order valence-corrected chi connectivity index (χ0v) is 13.0. The summed E-state index contributed by atoms with van der Waals surface area (Å²) in [6, 6.07) is 20.0. The maximum Gasteiger partial charge on any atom is 0 e. The first-order chi connectivity index (χ1) is 6.91. The van der Waals surface area contributed by atoms with Gasteiger partial charge in [0.05, 0.1) is 0 Å². The minimum absolute atomic E-state index is 0. The van der Waals surface area contributed by atoms with Crippen LogP contribution in [-0.4, -0.2) is 0 Å². The van der Waals surface area contributed by atoms with Crippen LogP contribution < -0.4 is 0 Å². The Kier molecular flexibility index (Phi) is 18.1. The van der Waals surface area contributed by atoms with Crippen molar-refractivity contribution in [2.45, 2.75) is 19.8 Å². The predicted octanol–water partition coefficient (Wildman–Crippen LogP) is 4.43. The van der Waals surface area contributed by atoms with Crippen LogP contribution in [0.5, 0.6) is 0 Å². The fraction of sp³-hybridized carbons (Fsp3) is 0.214. The maximum absolute atomic E-state index is 3.60. The molecule has 0 radical (unpaired) electrons. The van der Waals surface area contributed by atoms with E-state index in [9.17, 15) is 0 Å². The molecule has 0 aliphatic carbocycles. The second kappa shape index (κ2) is 16.0. The molecule has 0 fully saturated rings. The van der Waals surface area contributed by atoms with E-state index < -0.39 is 0 Å². The van der Waals surface area contributed by atoms with Gasteiger partial charge in [-0.25, -0.2) is 24.3 Å². The summed E-state index contributed by atoms with van der Waals surface area (Å²) in [6.45, 7) is 5.72. The van der Waals surface area contributed by atoms with Gasteiger partial charge in [0, 0.05) is 25.8 Å². The van der Waals surface area contributed by atoms with Crippen LogP contribution in [0.3, 0.4) is 0 Å². The van der Waals surface area contributed by atoms with Gasteiger partial charge in [-0.2, -0.15) is 42.8 Å². The van der Waals surface area contributed by atoms with Crippen molar-refractivity contribution in [1.82, 2.24) is 0 Å². The first kappa shape index (κ1) is 17.0. The minimum atomic E-state index is 0. The van der Waals surface area contributed by atoms with Gasteiger partial charge in [0.2, 0.25) is 0 Å². The Balaban J connectivity index is 0. The molecule has 0 nitrogen and oxygen atoms in total.